The summed E-state index contributed by atoms with van der Waals surface area (Å²) in [5.74, 6) is -0.109. The van der Waals surface area contributed by atoms with E-state index in [4.69, 9.17) is 11.6 Å². The molecule has 5 nitrogen and oxygen atoms in total. The van der Waals surface area contributed by atoms with Crippen molar-refractivity contribution >= 4 is 46.9 Å². The van der Waals surface area contributed by atoms with Crippen LogP contribution < -0.4 is 5.32 Å². The molecule has 2 N–H and O–H groups in total. The average molecular weight is 432 g/mol. The number of nitrogens with zero attached hydrogens (tertiary/aromatic N) is 2. The quantitative estimate of drug-likeness (QED) is 0.279. The van der Waals surface area contributed by atoms with Gasteiger partial charge >= 0.3 is 5.97 Å². The number of nitrogens with one attached hydrogen (secondary N) is 1. The summed E-state index contributed by atoms with van der Waals surface area (Å²) in [7, 11) is 0. The Labute approximate surface area is 176 Å². The van der Waals surface area contributed by atoms with Gasteiger partial charge in [0.1, 0.15) is 16.4 Å². The Bertz CT molecular complexity index is 954. The maximum atomic E-state index is 12.0. The Morgan fingerprint density at radius 2 is 1.79 bits per heavy atom. The van der Waals surface area contributed by atoms with Crippen LogP contribution in [-0.2, 0) is 12.3 Å². The number of aromatic nitrogens is 2. The summed E-state index contributed by atoms with van der Waals surface area (Å²) in [5.41, 5.74) is 2.17. The molecule has 0 saturated carbocycles. The van der Waals surface area contributed by atoms with Crippen LogP contribution in [0.1, 0.15) is 21.5 Å². The van der Waals surface area contributed by atoms with Gasteiger partial charge < -0.3 is 10.4 Å². The summed E-state index contributed by atoms with van der Waals surface area (Å²) in [4.78, 5) is 20.8. The van der Waals surface area contributed by atoms with Crippen molar-refractivity contribution < 1.29 is 9.90 Å². The number of halogens is 1. The second kappa shape index (κ2) is 9.82. The zero-order chi connectivity index (χ0) is 19.9. The number of aromatic carboxylic acids is 1. The summed E-state index contributed by atoms with van der Waals surface area (Å²) >= 11 is 8.69. The van der Waals surface area contributed by atoms with Crippen LogP contribution in [0.15, 0.2) is 64.8 Å². The van der Waals surface area contributed by atoms with E-state index < -0.39 is 5.97 Å². The highest BCUT2D eigenvalue weighted by Crippen LogP contribution is 2.30. The third kappa shape index (κ3) is 5.41. The second-order valence-corrected chi connectivity index (χ2v) is 7.97. The van der Waals surface area contributed by atoms with Crippen molar-refractivity contribution in [1.29, 1.82) is 0 Å². The molecule has 1 heterocycles. The van der Waals surface area contributed by atoms with Crippen molar-refractivity contribution in [2.45, 2.75) is 22.5 Å². The van der Waals surface area contributed by atoms with E-state index in [0.29, 0.717) is 33.3 Å². The minimum atomic E-state index is -1.05. The van der Waals surface area contributed by atoms with Gasteiger partial charge in [-0.25, -0.2) is 14.8 Å². The lowest BCUT2D eigenvalue weighted by atomic mass is 10.2. The minimum Gasteiger partial charge on any atom is -0.477 e. The molecule has 144 valence electrons. The lowest BCUT2D eigenvalue weighted by Gasteiger charge is -2.13. The van der Waals surface area contributed by atoms with Crippen LogP contribution in [-0.4, -0.2) is 27.3 Å². The molecule has 1 aromatic heterocycles. The van der Waals surface area contributed by atoms with Gasteiger partial charge in [-0.15, -0.1) is 11.8 Å². The molecule has 0 bridgehead atoms. The summed E-state index contributed by atoms with van der Waals surface area (Å²) in [6.45, 7) is 0.436. The molecule has 0 amide bonds. The molecule has 28 heavy (non-hydrogen) atoms. The maximum Gasteiger partial charge on any atom is 0.342 e. The zero-order valence-corrected chi connectivity index (χ0v) is 17.4. The lowest BCUT2D eigenvalue weighted by molar-refractivity contribution is 0.0692. The fourth-order valence-corrected chi connectivity index (χ4v) is 3.98. The molecule has 2 aromatic carbocycles. The average Bonchev–Trinajstić information content (AvgIpc) is 2.71. The lowest BCUT2D eigenvalue weighted by Crippen LogP contribution is -2.12. The first-order chi connectivity index (χ1) is 13.6. The van der Waals surface area contributed by atoms with Gasteiger partial charge in [-0.05, 0) is 29.5 Å². The largest absolute Gasteiger partial charge is 0.477 e. The van der Waals surface area contributed by atoms with E-state index in [2.05, 4.69) is 15.3 Å². The highest BCUT2D eigenvalue weighted by Gasteiger charge is 2.21. The monoisotopic (exact) mass is 431 g/mol. The second-order valence-electron chi connectivity index (χ2n) is 5.80. The summed E-state index contributed by atoms with van der Waals surface area (Å²) in [5, 5.41) is 14.6. The van der Waals surface area contributed by atoms with Crippen LogP contribution in [0.3, 0.4) is 0 Å². The van der Waals surface area contributed by atoms with E-state index in [1.54, 1.807) is 12.1 Å². The molecule has 0 aliphatic heterocycles. The first-order valence-corrected chi connectivity index (χ1v) is 11.0. The number of carboxylic acids is 1. The first-order valence-electron chi connectivity index (χ1n) is 8.41. The fraction of sp³-hybridized carbons (Fsp3) is 0.150. The van der Waals surface area contributed by atoms with Gasteiger partial charge in [-0.2, -0.15) is 0 Å². The number of thioether (sulfide) groups is 2. The van der Waals surface area contributed by atoms with Crippen molar-refractivity contribution in [2.75, 3.05) is 11.6 Å². The summed E-state index contributed by atoms with van der Waals surface area (Å²) in [6, 6.07) is 17.2. The Hall–Kier alpha value is -2.22. The van der Waals surface area contributed by atoms with E-state index in [-0.39, 0.29) is 5.56 Å². The normalized spacial score (nSPS) is 10.6. The minimum absolute atomic E-state index is 0.0905. The molecule has 8 heteroatoms. The molecule has 3 rings (SSSR count). The summed E-state index contributed by atoms with van der Waals surface area (Å²) < 4.78 is 0. The Kier molecular flexibility index (Phi) is 7.19. The van der Waals surface area contributed by atoms with E-state index >= 15 is 0 Å². The van der Waals surface area contributed by atoms with Crippen LogP contribution >= 0.6 is 35.1 Å². The fourth-order valence-electron chi connectivity index (χ4n) is 2.45. The topological polar surface area (TPSA) is 75.1 Å². The van der Waals surface area contributed by atoms with Gasteiger partial charge in [0, 0.05) is 17.3 Å². The van der Waals surface area contributed by atoms with E-state index in [0.717, 1.165) is 11.1 Å². The van der Waals surface area contributed by atoms with Crippen LogP contribution in [0.5, 0.6) is 0 Å². The van der Waals surface area contributed by atoms with E-state index in [9.17, 15) is 9.90 Å². The molecule has 0 spiro atoms. The number of benzene rings is 2. The van der Waals surface area contributed by atoms with Gasteiger partial charge in [-0.1, -0.05) is 65.8 Å². The highest BCUT2D eigenvalue weighted by atomic mass is 35.5. The van der Waals surface area contributed by atoms with Crippen LogP contribution in [0.2, 0.25) is 5.02 Å². The predicted octanol–water partition coefficient (Wildman–Crippen LogP) is 5.45. The molecule has 0 unspecified atom stereocenters. The Morgan fingerprint density at radius 3 is 2.43 bits per heavy atom. The number of anilines is 1. The first kappa shape index (κ1) is 20.5. The molecule has 3 aromatic rings. The number of carboxylic acid groups (broad SMARTS) is 1. The van der Waals surface area contributed by atoms with E-state index in [1.807, 2.05) is 48.7 Å². The molecule has 0 saturated heterocycles. The Morgan fingerprint density at radius 1 is 1.07 bits per heavy atom. The Balaban J connectivity index is 1.87. The molecule has 0 radical (unpaired) electrons. The molecule has 0 fully saturated rings. The molecule has 0 aliphatic rings. The third-order valence-corrected chi connectivity index (χ3v) is 5.69. The molecular formula is C20H18ClN3O2S2. The van der Waals surface area contributed by atoms with Gasteiger partial charge in [0.15, 0.2) is 5.16 Å². The van der Waals surface area contributed by atoms with Crippen LogP contribution in [0.25, 0.3) is 0 Å². The summed E-state index contributed by atoms with van der Waals surface area (Å²) in [6.07, 6.45) is 1.87. The number of carbonyl (C=O) groups is 1. The predicted molar refractivity (Wildman–Crippen MR) is 116 cm³/mol. The highest BCUT2D eigenvalue weighted by molar-refractivity contribution is 7.99. The molecule has 0 aliphatic carbocycles. The van der Waals surface area contributed by atoms with Crippen molar-refractivity contribution in [3.05, 3.63) is 76.3 Å². The zero-order valence-electron chi connectivity index (χ0n) is 15.1. The number of hydrogen-bond donors (Lipinski definition) is 2. The van der Waals surface area contributed by atoms with E-state index in [1.165, 1.54) is 23.5 Å². The molecule has 0 atom stereocenters. The van der Waals surface area contributed by atoms with Gasteiger partial charge in [0.25, 0.3) is 0 Å². The van der Waals surface area contributed by atoms with Crippen LogP contribution in [0.4, 0.5) is 5.82 Å². The van der Waals surface area contributed by atoms with Crippen molar-refractivity contribution in [1.82, 2.24) is 9.97 Å². The van der Waals surface area contributed by atoms with Gasteiger partial charge in [-0.3, -0.25) is 0 Å². The van der Waals surface area contributed by atoms with Crippen molar-refractivity contribution in [3.63, 3.8) is 0 Å². The van der Waals surface area contributed by atoms with Crippen molar-refractivity contribution in [3.8, 4) is 0 Å². The SMILES string of the molecule is CSc1nc(NCc2ccc(Cl)cc2)c(C(=O)O)c(SCc2ccccc2)n1. The third-order valence-electron chi connectivity index (χ3n) is 3.84. The smallest absolute Gasteiger partial charge is 0.342 e. The van der Waals surface area contributed by atoms with Gasteiger partial charge in [0.2, 0.25) is 0 Å². The van der Waals surface area contributed by atoms with Crippen LogP contribution in [0, 0.1) is 0 Å². The molecular weight excluding hydrogens is 414 g/mol. The number of hydrogen-bond acceptors (Lipinski definition) is 6. The number of rotatable bonds is 8. The van der Waals surface area contributed by atoms with Gasteiger partial charge in [0.05, 0.1) is 0 Å². The maximum absolute atomic E-state index is 12.0. The van der Waals surface area contributed by atoms with Crippen molar-refractivity contribution in [2.24, 2.45) is 0 Å². The standard InChI is InChI=1S/C20H18ClN3O2S2/c1-27-20-23-17(22-11-13-7-9-15(21)10-8-13)16(19(25)26)18(24-20)28-12-14-5-3-2-4-6-14/h2-10H,11-12H2,1H3,(H,25,26)(H,22,23,24).